The molecule has 88 valence electrons. The Morgan fingerprint density at radius 2 is 1.80 bits per heavy atom. The molecule has 1 unspecified atom stereocenters. The van der Waals surface area contributed by atoms with Crippen LogP contribution in [0.5, 0.6) is 0 Å². The zero-order valence-electron chi connectivity index (χ0n) is 9.94. The van der Waals surface area contributed by atoms with Crippen LogP contribution in [-0.4, -0.2) is 43.8 Å². The Labute approximate surface area is 90.3 Å². The molecule has 0 aliphatic carbocycles. The van der Waals surface area contributed by atoms with Gasteiger partial charge in [0.15, 0.2) is 0 Å². The van der Waals surface area contributed by atoms with Gasteiger partial charge < -0.3 is 14.4 Å². The number of hydrogen-bond donors (Lipinski definition) is 0. The summed E-state index contributed by atoms with van der Waals surface area (Å²) in [4.78, 5) is 23.8. The summed E-state index contributed by atoms with van der Waals surface area (Å²) in [7, 11) is 2.91. The second-order valence-electron chi connectivity index (χ2n) is 3.74. The molecule has 0 aromatic heterocycles. The van der Waals surface area contributed by atoms with Crippen molar-refractivity contribution in [2.75, 3.05) is 20.7 Å². The molecule has 0 aromatic rings. The summed E-state index contributed by atoms with van der Waals surface area (Å²) in [6.07, 6.45) is -0.589. The molecule has 1 amide bonds. The number of ether oxygens (including phenoxy) is 2. The molecule has 15 heavy (non-hydrogen) atoms. The lowest BCUT2D eigenvalue weighted by Gasteiger charge is -2.21. The highest BCUT2D eigenvalue weighted by atomic mass is 16.6. The minimum atomic E-state index is -0.430. The summed E-state index contributed by atoms with van der Waals surface area (Å²) < 4.78 is 9.52. The maximum Gasteiger partial charge on any atom is 0.409 e. The molecule has 0 bridgehead atoms. The zero-order chi connectivity index (χ0) is 12.0. The number of amides is 1. The summed E-state index contributed by atoms with van der Waals surface area (Å²) in [6, 6.07) is 0. The molecule has 0 aromatic carbocycles. The van der Waals surface area contributed by atoms with E-state index in [0.29, 0.717) is 0 Å². The fraction of sp³-hybridized carbons (Fsp3) is 0.800. The second kappa shape index (κ2) is 6.27. The molecular weight excluding hydrogens is 198 g/mol. The van der Waals surface area contributed by atoms with Crippen LogP contribution in [-0.2, 0) is 14.3 Å². The van der Waals surface area contributed by atoms with E-state index in [1.54, 1.807) is 27.8 Å². The molecule has 0 saturated heterocycles. The molecule has 0 rings (SSSR count). The fourth-order valence-electron chi connectivity index (χ4n) is 1.05. The first kappa shape index (κ1) is 13.7. The normalized spacial score (nSPS) is 12.1. The molecule has 5 heteroatoms. The van der Waals surface area contributed by atoms with Crippen molar-refractivity contribution in [2.45, 2.75) is 26.9 Å². The van der Waals surface area contributed by atoms with E-state index >= 15 is 0 Å². The van der Waals surface area contributed by atoms with Gasteiger partial charge >= 0.3 is 12.1 Å². The first-order valence-corrected chi connectivity index (χ1v) is 4.88. The Morgan fingerprint density at radius 3 is 2.20 bits per heavy atom. The van der Waals surface area contributed by atoms with Crippen molar-refractivity contribution in [3.63, 3.8) is 0 Å². The molecule has 0 radical (unpaired) electrons. The third kappa shape index (κ3) is 5.24. The molecule has 0 saturated carbocycles. The first-order valence-electron chi connectivity index (χ1n) is 4.88. The van der Waals surface area contributed by atoms with Gasteiger partial charge in [-0.1, -0.05) is 6.92 Å². The van der Waals surface area contributed by atoms with Gasteiger partial charge in [0, 0.05) is 13.6 Å². The number of carbonyl (C=O) groups excluding carboxylic acids is 2. The molecule has 0 fully saturated rings. The summed E-state index contributed by atoms with van der Waals surface area (Å²) in [5, 5.41) is 0. The van der Waals surface area contributed by atoms with Crippen LogP contribution in [0, 0.1) is 5.92 Å². The van der Waals surface area contributed by atoms with Gasteiger partial charge in [-0.3, -0.25) is 4.79 Å². The number of methoxy groups -OCH3 is 1. The van der Waals surface area contributed by atoms with Gasteiger partial charge in [-0.25, -0.2) is 4.79 Å². The largest absolute Gasteiger partial charge is 0.469 e. The quantitative estimate of drug-likeness (QED) is 0.665. The molecule has 1 atom stereocenters. The fourth-order valence-corrected chi connectivity index (χ4v) is 1.05. The number of rotatable bonds is 4. The van der Waals surface area contributed by atoms with E-state index in [-0.39, 0.29) is 24.5 Å². The van der Waals surface area contributed by atoms with Crippen molar-refractivity contribution in [3.8, 4) is 0 Å². The van der Waals surface area contributed by atoms with E-state index in [4.69, 9.17) is 4.74 Å². The lowest BCUT2D eigenvalue weighted by atomic mass is 10.2. The standard InChI is InChI=1S/C10H19NO4/c1-7(2)15-10(13)11(4)6-8(3)9(12)14-5/h7-8H,6H2,1-5H3. The molecule has 0 heterocycles. The van der Waals surface area contributed by atoms with E-state index in [1.165, 1.54) is 12.0 Å². The smallest absolute Gasteiger partial charge is 0.409 e. The monoisotopic (exact) mass is 217 g/mol. The third-order valence-corrected chi connectivity index (χ3v) is 1.80. The van der Waals surface area contributed by atoms with Gasteiger partial charge in [-0.2, -0.15) is 0 Å². The van der Waals surface area contributed by atoms with Crippen LogP contribution in [0.25, 0.3) is 0 Å². The van der Waals surface area contributed by atoms with E-state index in [9.17, 15) is 9.59 Å². The minimum absolute atomic E-state index is 0.159. The van der Waals surface area contributed by atoms with Crippen LogP contribution in [0.1, 0.15) is 20.8 Å². The van der Waals surface area contributed by atoms with E-state index in [0.717, 1.165) is 0 Å². The minimum Gasteiger partial charge on any atom is -0.469 e. The average molecular weight is 217 g/mol. The zero-order valence-corrected chi connectivity index (χ0v) is 9.94. The van der Waals surface area contributed by atoms with Crippen molar-refractivity contribution >= 4 is 12.1 Å². The van der Waals surface area contributed by atoms with Crippen LogP contribution >= 0.6 is 0 Å². The van der Waals surface area contributed by atoms with Crippen LogP contribution in [0.3, 0.4) is 0 Å². The Bertz CT molecular complexity index is 227. The first-order chi connectivity index (χ1) is 6.88. The lowest BCUT2D eigenvalue weighted by Crippen LogP contribution is -2.35. The van der Waals surface area contributed by atoms with Gasteiger partial charge in [0.2, 0.25) is 0 Å². The number of carbonyl (C=O) groups is 2. The molecule has 0 aliphatic rings. The summed E-state index contributed by atoms with van der Waals surface area (Å²) >= 11 is 0. The van der Waals surface area contributed by atoms with Crippen molar-refractivity contribution in [3.05, 3.63) is 0 Å². The van der Waals surface area contributed by atoms with E-state index < -0.39 is 6.09 Å². The van der Waals surface area contributed by atoms with Crippen molar-refractivity contribution in [2.24, 2.45) is 5.92 Å². The third-order valence-electron chi connectivity index (χ3n) is 1.80. The van der Waals surface area contributed by atoms with Crippen LogP contribution in [0.15, 0.2) is 0 Å². The second-order valence-corrected chi connectivity index (χ2v) is 3.74. The van der Waals surface area contributed by atoms with E-state index in [1.807, 2.05) is 0 Å². The highest BCUT2D eigenvalue weighted by molar-refractivity contribution is 5.73. The number of esters is 1. The maximum atomic E-state index is 11.4. The highest BCUT2D eigenvalue weighted by Gasteiger charge is 2.19. The summed E-state index contributed by atoms with van der Waals surface area (Å²) in [5.74, 6) is -0.682. The van der Waals surface area contributed by atoms with Gasteiger partial charge in [-0.05, 0) is 13.8 Å². The van der Waals surface area contributed by atoms with Gasteiger partial charge in [-0.15, -0.1) is 0 Å². The average Bonchev–Trinajstić information content (AvgIpc) is 2.15. The Morgan fingerprint density at radius 1 is 1.27 bits per heavy atom. The summed E-state index contributed by atoms with van der Waals surface area (Å²) in [6.45, 7) is 5.54. The Kier molecular flexibility index (Phi) is 5.74. The number of hydrogen-bond acceptors (Lipinski definition) is 4. The molecule has 0 N–H and O–H groups in total. The van der Waals surface area contributed by atoms with E-state index in [2.05, 4.69) is 4.74 Å². The molecule has 5 nitrogen and oxygen atoms in total. The van der Waals surface area contributed by atoms with Crippen molar-refractivity contribution in [1.29, 1.82) is 0 Å². The molecule has 0 aliphatic heterocycles. The molecule has 0 spiro atoms. The molecular formula is C10H19NO4. The summed E-state index contributed by atoms with van der Waals surface area (Å²) in [5.41, 5.74) is 0. The predicted octanol–water partition coefficient (Wildman–Crippen LogP) is 1.27. The van der Waals surface area contributed by atoms with Crippen LogP contribution in [0.2, 0.25) is 0 Å². The van der Waals surface area contributed by atoms with Crippen LogP contribution < -0.4 is 0 Å². The van der Waals surface area contributed by atoms with Gasteiger partial charge in [0.25, 0.3) is 0 Å². The van der Waals surface area contributed by atoms with Crippen LogP contribution in [0.4, 0.5) is 4.79 Å². The lowest BCUT2D eigenvalue weighted by molar-refractivity contribution is -0.145. The Hall–Kier alpha value is -1.26. The van der Waals surface area contributed by atoms with Crippen molar-refractivity contribution in [1.82, 2.24) is 4.90 Å². The highest BCUT2D eigenvalue weighted by Crippen LogP contribution is 2.03. The van der Waals surface area contributed by atoms with Crippen molar-refractivity contribution < 1.29 is 19.1 Å². The predicted molar refractivity (Wildman–Crippen MR) is 55.4 cm³/mol. The number of nitrogens with zero attached hydrogens (tertiary/aromatic N) is 1. The van der Waals surface area contributed by atoms with Gasteiger partial charge in [0.05, 0.1) is 19.1 Å². The van der Waals surface area contributed by atoms with Gasteiger partial charge in [0.1, 0.15) is 0 Å². The topological polar surface area (TPSA) is 55.8 Å². The maximum absolute atomic E-state index is 11.4. The Balaban J connectivity index is 4.06. The SMILES string of the molecule is COC(=O)C(C)CN(C)C(=O)OC(C)C.